The number of hydrogen-bond donors (Lipinski definition) is 1. The van der Waals surface area contributed by atoms with Gasteiger partial charge in [0, 0.05) is 13.2 Å². The number of nitrogens with zero attached hydrogens (tertiary/aromatic N) is 1. The normalized spacial score (nSPS) is 10.0. The molecular weight excluding hydrogens is 170 g/mol. The third kappa shape index (κ3) is 1.77. The molecule has 0 fully saturated rings. The highest BCUT2D eigenvalue weighted by Crippen LogP contribution is 2.14. The van der Waals surface area contributed by atoms with Crippen LogP contribution >= 0.6 is 0 Å². The molecule has 0 aliphatic heterocycles. The van der Waals surface area contributed by atoms with Crippen LogP contribution in [0.15, 0.2) is 6.20 Å². The van der Waals surface area contributed by atoms with Crippen LogP contribution in [0.25, 0.3) is 0 Å². The molecule has 0 radical (unpaired) electrons. The van der Waals surface area contributed by atoms with Gasteiger partial charge in [-0.05, 0) is 18.1 Å². The number of carboxylic acids is 1. The molecule has 1 N–H and O–H groups in total. The fourth-order valence-corrected chi connectivity index (χ4v) is 1.39. The fraction of sp³-hybridized carbons (Fsp3) is 0.333. The van der Waals surface area contributed by atoms with Crippen LogP contribution in [0.2, 0.25) is 0 Å². The van der Waals surface area contributed by atoms with Crippen LogP contribution in [-0.4, -0.2) is 21.9 Å². The van der Waals surface area contributed by atoms with Gasteiger partial charge in [-0.25, -0.2) is 0 Å². The molecule has 1 aromatic heterocycles. The summed E-state index contributed by atoms with van der Waals surface area (Å²) in [6.07, 6.45) is 2.34. The van der Waals surface area contributed by atoms with Crippen LogP contribution < -0.4 is 0 Å². The highest BCUT2D eigenvalue weighted by molar-refractivity contribution is 5.80. The van der Waals surface area contributed by atoms with E-state index in [4.69, 9.17) is 5.11 Å². The number of aryl methyl sites for hydroxylation is 2. The molecule has 0 atom stereocenters. The van der Waals surface area contributed by atoms with Gasteiger partial charge in [0.05, 0.1) is 12.1 Å². The molecule has 4 nitrogen and oxygen atoms in total. The third-order valence-corrected chi connectivity index (χ3v) is 1.99. The molecule has 0 spiro atoms. The third-order valence-electron chi connectivity index (χ3n) is 1.99. The Bertz CT molecular complexity index is 352. The summed E-state index contributed by atoms with van der Waals surface area (Å²) in [4.78, 5) is 21.1. The zero-order valence-corrected chi connectivity index (χ0v) is 7.57. The van der Waals surface area contributed by atoms with E-state index >= 15 is 0 Å². The Hall–Kier alpha value is -1.58. The number of carbonyl (C=O) groups excluding carboxylic acids is 1. The largest absolute Gasteiger partial charge is 0.481 e. The molecule has 0 amide bonds. The highest BCUT2D eigenvalue weighted by atomic mass is 16.4. The van der Waals surface area contributed by atoms with Crippen LogP contribution in [-0.2, 0) is 18.3 Å². The minimum Gasteiger partial charge on any atom is -0.481 e. The zero-order chi connectivity index (χ0) is 10.0. The van der Waals surface area contributed by atoms with Gasteiger partial charge in [-0.1, -0.05) is 0 Å². The lowest BCUT2D eigenvalue weighted by Gasteiger charge is -1.97. The molecule has 0 aliphatic carbocycles. The van der Waals surface area contributed by atoms with Gasteiger partial charge in [-0.2, -0.15) is 0 Å². The number of aliphatic carboxylic acids is 1. The van der Waals surface area contributed by atoms with Crippen LogP contribution in [0.3, 0.4) is 0 Å². The summed E-state index contributed by atoms with van der Waals surface area (Å²) in [6.45, 7) is 1.80. The van der Waals surface area contributed by atoms with Gasteiger partial charge < -0.3 is 9.67 Å². The average Bonchev–Trinajstić information content (AvgIpc) is 2.26. The Morgan fingerprint density at radius 1 is 1.69 bits per heavy atom. The summed E-state index contributed by atoms with van der Waals surface area (Å²) in [5.74, 6) is -0.919. The van der Waals surface area contributed by atoms with E-state index in [2.05, 4.69) is 0 Å². The molecule has 4 heteroatoms. The maximum atomic E-state index is 10.6. The second-order valence-electron chi connectivity index (χ2n) is 2.98. The molecule has 1 heterocycles. The number of aromatic nitrogens is 1. The van der Waals surface area contributed by atoms with Gasteiger partial charge in [0.25, 0.3) is 0 Å². The Morgan fingerprint density at radius 2 is 2.31 bits per heavy atom. The Balaban J connectivity index is 3.16. The van der Waals surface area contributed by atoms with Gasteiger partial charge in [0.2, 0.25) is 0 Å². The van der Waals surface area contributed by atoms with E-state index in [1.165, 1.54) is 0 Å². The number of carbonyl (C=O) groups is 2. The minimum absolute atomic E-state index is 0.0965. The molecule has 13 heavy (non-hydrogen) atoms. The van der Waals surface area contributed by atoms with E-state index in [-0.39, 0.29) is 6.42 Å². The Labute approximate surface area is 75.8 Å². The lowest BCUT2D eigenvalue weighted by atomic mass is 10.1. The van der Waals surface area contributed by atoms with Gasteiger partial charge in [0.1, 0.15) is 0 Å². The van der Waals surface area contributed by atoms with E-state index < -0.39 is 5.97 Å². The lowest BCUT2D eigenvalue weighted by molar-refractivity contribution is -0.136. The molecule has 0 aromatic carbocycles. The first-order valence-corrected chi connectivity index (χ1v) is 3.88. The molecule has 0 aliphatic rings. The summed E-state index contributed by atoms with van der Waals surface area (Å²) < 4.78 is 1.64. The summed E-state index contributed by atoms with van der Waals surface area (Å²) in [5.41, 5.74) is 1.89. The van der Waals surface area contributed by atoms with E-state index in [9.17, 15) is 9.59 Å². The summed E-state index contributed by atoms with van der Waals surface area (Å²) >= 11 is 0. The molecule has 70 valence electrons. The Morgan fingerprint density at radius 3 is 2.77 bits per heavy atom. The minimum atomic E-state index is -0.919. The van der Waals surface area contributed by atoms with Gasteiger partial charge in [0.15, 0.2) is 6.29 Å². The van der Waals surface area contributed by atoms with Gasteiger partial charge >= 0.3 is 5.97 Å². The van der Waals surface area contributed by atoms with Gasteiger partial charge in [-0.3, -0.25) is 9.59 Å². The van der Waals surface area contributed by atoms with Crippen LogP contribution in [0, 0.1) is 6.92 Å². The maximum absolute atomic E-state index is 10.6. The Kier molecular flexibility index (Phi) is 2.51. The topological polar surface area (TPSA) is 59.3 Å². The van der Waals surface area contributed by atoms with Crippen molar-refractivity contribution < 1.29 is 14.7 Å². The van der Waals surface area contributed by atoms with Crippen LogP contribution in [0.1, 0.15) is 21.6 Å². The first-order chi connectivity index (χ1) is 6.06. The van der Waals surface area contributed by atoms with Crippen molar-refractivity contribution >= 4 is 12.3 Å². The number of aldehydes is 1. The van der Waals surface area contributed by atoms with Crippen molar-refractivity contribution in [2.75, 3.05) is 0 Å². The van der Waals surface area contributed by atoms with Crippen molar-refractivity contribution in [2.24, 2.45) is 7.05 Å². The van der Waals surface area contributed by atoms with Crippen molar-refractivity contribution in [3.05, 3.63) is 23.0 Å². The summed E-state index contributed by atoms with van der Waals surface area (Å²) in [5, 5.41) is 8.60. The lowest BCUT2D eigenvalue weighted by Crippen LogP contribution is -2.04. The second kappa shape index (κ2) is 3.43. The fourth-order valence-electron chi connectivity index (χ4n) is 1.39. The predicted octanol–water partition coefficient (Wildman–Crippen LogP) is 0.773. The highest BCUT2D eigenvalue weighted by Gasteiger charge is 2.13. The van der Waals surface area contributed by atoms with Crippen molar-refractivity contribution in [2.45, 2.75) is 13.3 Å². The van der Waals surface area contributed by atoms with E-state index in [0.29, 0.717) is 17.5 Å². The molecule has 0 saturated carbocycles. The summed E-state index contributed by atoms with van der Waals surface area (Å²) in [7, 11) is 1.72. The molecule has 1 rings (SSSR count). The monoisotopic (exact) mass is 181 g/mol. The number of carboxylic acid groups (broad SMARTS) is 1. The molecule has 0 saturated heterocycles. The molecular formula is C9H11NO3. The average molecular weight is 181 g/mol. The zero-order valence-electron chi connectivity index (χ0n) is 7.57. The predicted molar refractivity (Wildman–Crippen MR) is 46.9 cm³/mol. The van der Waals surface area contributed by atoms with Crippen LogP contribution in [0.5, 0.6) is 0 Å². The van der Waals surface area contributed by atoms with Crippen molar-refractivity contribution in [1.82, 2.24) is 4.57 Å². The smallest absolute Gasteiger partial charge is 0.307 e. The molecule has 0 unspecified atom stereocenters. The first kappa shape index (κ1) is 9.51. The van der Waals surface area contributed by atoms with E-state index in [0.717, 1.165) is 5.56 Å². The van der Waals surface area contributed by atoms with Crippen molar-refractivity contribution in [1.29, 1.82) is 0 Å². The first-order valence-electron chi connectivity index (χ1n) is 3.88. The van der Waals surface area contributed by atoms with E-state index in [1.807, 2.05) is 0 Å². The quantitative estimate of drug-likeness (QED) is 0.701. The maximum Gasteiger partial charge on any atom is 0.307 e. The second-order valence-corrected chi connectivity index (χ2v) is 2.98. The standard InChI is InChI=1S/C9H11NO3/c1-6-4-10(2)8(5-11)7(6)3-9(12)13/h4-5H,3H2,1-2H3,(H,12,13). The van der Waals surface area contributed by atoms with E-state index in [1.54, 1.807) is 24.7 Å². The number of hydrogen-bond acceptors (Lipinski definition) is 2. The van der Waals surface area contributed by atoms with Crippen LogP contribution in [0.4, 0.5) is 0 Å². The molecule has 1 aromatic rings. The summed E-state index contributed by atoms with van der Waals surface area (Å²) in [6, 6.07) is 0. The molecule has 0 bridgehead atoms. The van der Waals surface area contributed by atoms with Gasteiger partial charge in [-0.15, -0.1) is 0 Å². The van der Waals surface area contributed by atoms with Crippen molar-refractivity contribution in [3.63, 3.8) is 0 Å². The SMILES string of the molecule is Cc1cn(C)c(C=O)c1CC(=O)O. The van der Waals surface area contributed by atoms with Crippen molar-refractivity contribution in [3.8, 4) is 0 Å². The number of rotatable bonds is 3.